The molecule has 2 aromatic rings. The number of rotatable bonds is 5. The van der Waals surface area contributed by atoms with Gasteiger partial charge in [-0.05, 0) is 43.3 Å². The zero-order valence-electron chi connectivity index (χ0n) is 9.80. The van der Waals surface area contributed by atoms with E-state index in [1.165, 1.54) is 22.9 Å². The smallest absolute Gasteiger partial charge is 0.137 e. The number of pyridine rings is 1. The van der Waals surface area contributed by atoms with Crippen molar-refractivity contribution < 1.29 is 0 Å². The molecule has 0 atom stereocenters. The Bertz CT molecular complexity index is 504. The number of fused-ring (bicyclic) bond motifs is 1. The molecule has 90 valence electrons. The second-order valence-corrected chi connectivity index (χ2v) is 5.48. The highest BCUT2D eigenvalue weighted by Gasteiger charge is 2.30. The van der Waals surface area contributed by atoms with Crippen molar-refractivity contribution in [1.82, 2.24) is 4.98 Å². The number of anilines is 1. The molecule has 0 bridgehead atoms. The molecule has 3 rings (SSSR count). The molecule has 1 aliphatic rings. The van der Waals surface area contributed by atoms with Crippen LogP contribution >= 0.6 is 11.3 Å². The fourth-order valence-corrected chi connectivity index (χ4v) is 2.99. The maximum Gasteiger partial charge on any atom is 0.137 e. The number of hydrogen-bond donors (Lipinski definition) is 1. The lowest BCUT2D eigenvalue weighted by Crippen LogP contribution is -2.29. The summed E-state index contributed by atoms with van der Waals surface area (Å²) in [5.74, 6) is 1.15. The van der Waals surface area contributed by atoms with Gasteiger partial charge in [-0.3, -0.25) is 0 Å². The van der Waals surface area contributed by atoms with E-state index in [1.54, 1.807) is 11.3 Å². The van der Waals surface area contributed by atoms with Gasteiger partial charge in [-0.2, -0.15) is 0 Å². The third-order valence-corrected chi connectivity index (χ3v) is 4.10. The highest BCUT2D eigenvalue weighted by Crippen LogP contribution is 2.35. The lowest BCUT2D eigenvalue weighted by Gasteiger charge is -2.23. The van der Waals surface area contributed by atoms with Crippen molar-refractivity contribution in [2.45, 2.75) is 25.3 Å². The molecule has 17 heavy (non-hydrogen) atoms. The van der Waals surface area contributed by atoms with Gasteiger partial charge in [0.1, 0.15) is 5.82 Å². The first-order chi connectivity index (χ1) is 8.40. The van der Waals surface area contributed by atoms with Gasteiger partial charge in [-0.25, -0.2) is 4.98 Å². The molecule has 2 aromatic heterocycles. The van der Waals surface area contributed by atoms with Crippen LogP contribution in [-0.4, -0.2) is 24.1 Å². The zero-order valence-corrected chi connectivity index (χ0v) is 10.6. The largest absolute Gasteiger partial charge is 0.353 e. The van der Waals surface area contributed by atoms with Crippen LogP contribution in [0.4, 0.5) is 5.82 Å². The van der Waals surface area contributed by atoms with Gasteiger partial charge in [0.05, 0.1) is 0 Å². The van der Waals surface area contributed by atoms with E-state index in [2.05, 4.69) is 27.4 Å². The maximum atomic E-state index is 5.62. The van der Waals surface area contributed by atoms with Crippen LogP contribution in [0.15, 0.2) is 23.7 Å². The lowest BCUT2D eigenvalue weighted by molar-refractivity contribution is 0.726. The van der Waals surface area contributed by atoms with Crippen molar-refractivity contribution in [2.24, 2.45) is 5.73 Å². The zero-order chi connectivity index (χ0) is 11.7. The molecule has 0 amide bonds. The fraction of sp³-hybridized carbons (Fsp3) is 0.462. The molecule has 4 heteroatoms. The number of hydrogen-bond acceptors (Lipinski definition) is 4. The number of nitrogens with two attached hydrogens (primary N) is 1. The van der Waals surface area contributed by atoms with Crippen LogP contribution in [-0.2, 0) is 0 Å². The molecular weight excluding hydrogens is 230 g/mol. The highest BCUT2D eigenvalue weighted by molar-refractivity contribution is 7.17. The molecule has 3 nitrogen and oxygen atoms in total. The molecule has 0 aromatic carbocycles. The van der Waals surface area contributed by atoms with Gasteiger partial charge in [-0.1, -0.05) is 0 Å². The maximum absolute atomic E-state index is 5.62. The minimum absolute atomic E-state index is 0.694. The number of thiophene rings is 1. The Kier molecular flexibility index (Phi) is 2.99. The normalized spacial score (nSPS) is 15.4. The Morgan fingerprint density at radius 1 is 1.41 bits per heavy atom. The summed E-state index contributed by atoms with van der Waals surface area (Å²) in [6.07, 6.45) is 5.56. The molecule has 1 saturated carbocycles. The third kappa shape index (κ3) is 2.15. The lowest BCUT2D eigenvalue weighted by atomic mass is 10.2. The summed E-state index contributed by atoms with van der Waals surface area (Å²) in [6, 6.07) is 4.97. The van der Waals surface area contributed by atoms with Crippen LogP contribution in [0.5, 0.6) is 0 Å². The molecule has 0 spiro atoms. The topological polar surface area (TPSA) is 42.1 Å². The van der Waals surface area contributed by atoms with E-state index in [0.717, 1.165) is 25.3 Å². The van der Waals surface area contributed by atoms with E-state index in [-0.39, 0.29) is 0 Å². The van der Waals surface area contributed by atoms with Crippen LogP contribution in [0.2, 0.25) is 0 Å². The SMILES string of the molecule is NCCCN(c1nccc2sccc12)C1CC1. The van der Waals surface area contributed by atoms with Gasteiger partial charge in [0.25, 0.3) is 0 Å². The first-order valence-electron chi connectivity index (χ1n) is 6.19. The predicted octanol–water partition coefficient (Wildman–Crippen LogP) is 2.61. The van der Waals surface area contributed by atoms with Gasteiger partial charge in [-0.15, -0.1) is 11.3 Å². The molecule has 0 radical (unpaired) electrons. The third-order valence-electron chi connectivity index (χ3n) is 3.22. The van der Waals surface area contributed by atoms with Crippen molar-refractivity contribution >= 4 is 27.2 Å². The van der Waals surface area contributed by atoms with E-state index in [1.807, 2.05) is 6.20 Å². The molecule has 2 N–H and O–H groups in total. The first-order valence-corrected chi connectivity index (χ1v) is 7.07. The summed E-state index contributed by atoms with van der Waals surface area (Å²) in [6.45, 7) is 1.78. The first kappa shape index (κ1) is 11.0. The van der Waals surface area contributed by atoms with Crippen molar-refractivity contribution in [3.05, 3.63) is 23.7 Å². The van der Waals surface area contributed by atoms with E-state index in [9.17, 15) is 0 Å². The average molecular weight is 247 g/mol. The average Bonchev–Trinajstić information content (AvgIpc) is 3.07. The molecule has 1 aliphatic carbocycles. The van der Waals surface area contributed by atoms with Crippen LogP contribution in [0.25, 0.3) is 10.1 Å². The van der Waals surface area contributed by atoms with E-state index in [0.29, 0.717) is 6.04 Å². The van der Waals surface area contributed by atoms with Gasteiger partial charge in [0.2, 0.25) is 0 Å². The van der Waals surface area contributed by atoms with Crippen LogP contribution in [0.3, 0.4) is 0 Å². The Hall–Kier alpha value is -1.13. The van der Waals surface area contributed by atoms with Crippen molar-refractivity contribution in [3.8, 4) is 0 Å². The number of aromatic nitrogens is 1. The van der Waals surface area contributed by atoms with E-state index >= 15 is 0 Å². The van der Waals surface area contributed by atoms with Gasteiger partial charge >= 0.3 is 0 Å². The van der Waals surface area contributed by atoms with Crippen molar-refractivity contribution in [1.29, 1.82) is 0 Å². The Balaban J connectivity index is 1.96. The number of nitrogens with zero attached hydrogens (tertiary/aromatic N) is 2. The van der Waals surface area contributed by atoms with Crippen LogP contribution in [0.1, 0.15) is 19.3 Å². The van der Waals surface area contributed by atoms with Crippen LogP contribution in [0, 0.1) is 0 Å². The predicted molar refractivity (Wildman–Crippen MR) is 73.7 cm³/mol. The summed E-state index contributed by atoms with van der Waals surface area (Å²) in [5, 5.41) is 3.44. The fourth-order valence-electron chi connectivity index (χ4n) is 2.22. The van der Waals surface area contributed by atoms with E-state index < -0.39 is 0 Å². The molecule has 2 heterocycles. The molecular formula is C13H17N3S. The quantitative estimate of drug-likeness (QED) is 0.883. The van der Waals surface area contributed by atoms with Gasteiger partial charge < -0.3 is 10.6 Å². The Morgan fingerprint density at radius 3 is 3.06 bits per heavy atom. The Labute approximate surface area is 105 Å². The minimum atomic E-state index is 0.694. The molecule has 0 unspecified atom stereocenters. The molecule has 0 aliphatic heterocycles. The minimum Gasteiger partial charge on any atom is -0.353 e. The molecule has 0 saturated heterocycles. The monoisotopic (exact) mass is 247 g/mol. The summed E-state index contributed by atoms with van der Waals surface area (Å²) in [7, 11) is 0. The summed E-state index contributed by atoms with van der Waals surface area (Å²) in [4.78, 5) is 7.03. The van der Waals surface area contributed by atoms with Crippen molar-refractivity contribution in [3.63, 3.8) is 0 Å². The van der Waals surface area contributed by atoms with Gasteiger partial charge in [0.15, 0.2) is 0 Å². The standard InChI is InChI=1S/C13H17N3S/c14-6-1-8-16(10-2-3-10)13-11-5-9-17-12(11)4-7-15-13/h4-5,7,9-10H,1-3,6,8,14H2. The van der Waals surface area contributed by atoms with E-state index in [4.69, 9.17) is 5.73 Å². The molecule has 1 fully saturated rings. The van der Waals surface area contributed by atoms with Crippen molar-refractivity contribution in [2.75, 3.05) is 18.0 Å². The summed E-state index contributed by atoms with van der Waals surface area (Å²) in [5.41, 5.74) is 5.62. The van der Waals surface area contributed by atoms with Crippen LogP contribution < -0.4 is 10.6 Å². The second-order valence-electron chi connectivity index (χ2n) is 4.53. The second kappa shape index (κ2) is 4.63. The summed E-state index contributed by atoms with van der Waals surface area (Å²) < 4.78 is 1.33. The summed E-state index contributed by atoms with van der Waals surface area (Å²) >= 11 is 1.78. The van der Waals surface area contributed by atoms with Gasteiger partial charge in [0, 0.05) is 28.9 Å². The Morgan fingerprint density at radius 2 is 2.29 bits per heavy atom. The highest BCUT2D eigenvalue weighted by atomic mass is 32.1.